The average molecular weight is 312 g/mol. The van der Waals surface area contributed by atoms with E-state index < -0.39 is 0 Å². The standard InChI is InChI=1S/C13H14BrNOS/c1-9-13(14)6-12(17-9)8-15-7-10-2-4-11(16)5-3-10/h2-6,15-16H,7-8H2,1H3. The van der Waals surface area contributed by atoms with Gasteiger partial charge in [-0.25, -0.2) is 0 Å². The van der Waals surface area contributed by atoms with E-state index in [0.29, 0.717) is 5.75 Å². The van der Waals surface area contributed by atoms with Crippen molar-refractivity contribution in [1.29, 1.82) is 0 Å². The Kier molecular flexibility index (Phi) is 4.20. The molecule has 0 unspecified atom stereocenters. The molecule has 0 aliphatic carbocycles. The number of hydrogen-bond donors (Lipinski definition) is 2. The summed E-state index contributed by atoms with van der Waals surface area (Å²) >= 11 is 5.32. The molecule has 0 radical (unpaired) electrons. The third-order valence-electron chi connectivity index (χ3n) is 2.47. The quantitative estimate of drug-likeness (QED) is 0.899. The van der Waals surface area contributed by atoms with Gasteiger partial charge in [-0.3, -0.25) is 0 Å². The number of phenolic OH excluding ortho intramolecular Hbond substituents is 1. The predicted molar refractivity (Wildman–Crippen MR) is 75.4 cm³/mol. The minimum Gasteiger partial charge on any atom is -0.508 e. The van der Waals surface area contributed by atoms with E-state index >= 15 is 0 Å². The van der Waals surface area contributed by atoms with E-state index in [1.807, 2.05) is 12.1 Å². The van der Waals surface area contributed by atoms with Gasteiger partial charge in [-0.2, -0.15) is 0 Å². The van der Waals surface area contributed by atoms with Gasteiger partial charge in [-0.1, -0.05) is 12.1 Å². The first-order valence-electron chi connectivity index (χ1n) is 5.38. The molecule has 0 spiro atoms. The second-order valence-electron chi connectivity index (χ2n) is 3.89. The minimum absolute atomic E-state index is 0.312. The molecule has 90 valence electrons. The summed E-state index contributed by atoms with van der Waals surface area (Å²) in [6.45, 7) is 3.80. The molecule has 4 heteroatoms. The molecule has 0 saturated heterocycles. The monoisotopic (exact) mass is 311 g/mol. The van der Waals surface area contributed by atoms with Gasteiger partial charge in [0.1, 0.15) is 5.75 Å². The van der Waals surface area contributed by atoms with Crippen LogP contribution in [0.5, 0.6) is 5.75 Å². The van der Waals surface area contributed by atoms with Crippen molar-refractivity contribution < 1.29 is 5.11 Å². The van der Waals surface area contributed by atoms with E-state index in [4.69, 9.17) is 5.11 Å². The molecule has 2 N–H and O–H groups in total. The van der Waals surface area contributed by atoms with Crippen molar-refractivity contribution in [3.05, 3.63) is 50.1 Å². The first-order chi connectivity index (χ1) is 8.15. The van der Waals surface area contributed by atoms with Crippen LogP contribution in [0.15, 0.2) is 34.8 Å². The maximum absolute atomic E-state index is 9.17. The summed E-state index contributed by atoms with van der Waals surface area (Å²) in [6, 6.07) is 9.44. The Hall–Kier alpha value is -0.840. The summed E-state index contributed by atoms with van der Waals surface area (Å²) in [5.74, 6) is 0.312. The highest BCUT2D eigenvalue weighted by Gasteiger charge is 2.02. The van der Waals surface area contributed by atoms with Crippen LogP contribution >= 0.6 is 27.3 Å². The van der Waals surface area contributed by atoms with E-state index in [9.17, 15) is 0 Å². The molecule has 1 aromatic carbocycles. The van der Waals surface area contributed by atoms with Crippen LogP contribution in [0.3, 0.4) is 0 Å². The summed E-state index contributed by atoms with van der Waals surface area (Å²) < 4.78 is 1.18. The highest BCUT2D eigenvalue weighted by atomic mass is 79.9. The molecule has 2 nitrogen and oxygen atoms in total. The fraction of sp³-hybridized carbons (Fsp3) is 0.231. The molecule has 0 amide bonds. The van der Waals surface area contributed by atoms with E-state index in [-0.39, 0.29) is 0 Å². The van der Waals surface area contributed by atoms with Gasteiger partial charge in [0.2, 0.25) is 0 Å². The van der Waals surface area contributed by atoms with Gasteiger partial charge >= 0.3 is 0 Å². The normalized spacial score (nSPS) is 10.7. The lowest BCUT2D eigenvalue weighted by Gasteiger charge is -2.03. The first-order valence-corrected chi connectivity index (χ1v) is 6.99. The number of rotatable bonds is 4. The number of aromatic hydroxyl groups is 1. The molecule has 0 aliphatic rings. The van der Waals surface area contributed by atoms with Crippen molar-refractivity contribution in [3.63, 3.8) is 0 Å². The van der Waals surface area contributed by atoms with Gasteiger partial charge in [0.25, 0.3) is 0 Å². The molecule has 0 fully saturated rings. The molecule has 1 aromatic heterocycles. The van der Waals surface area contributed by atoms with Crippen molar-refractivity contribution >= 4 is 27.3 Å². The van der Waals surface area contributed by atoms with Crippen LogP contribution < -0.4 is 5.32 Å². The Bertz CT molecular complexity index is 473. The number of benzene rings is 1. The van der Waals surface area contributed by atoms with E-state index in [0.717, 1.165) is 13.1 Å². The van der Waals surface area contributed by atoms with Gasteiger partial charge in [0.15, 0.2) is 0 Å². The number of hydrogen-bond acceptors (Lipinski definition) is 3. The molecule has 2 aromatic rings. The second kappa shape index (κ2) is 5.67. The maximum Gasteiger partial charge on any atom is 0.115 e. The zero-order chi connectivity index (χ0) is 12.3. The number of aryl methyl sites for hydroxylation is 1. The van der Waals surface area contributed by atoms with Crippen LogP contribution in [0.2, 0.25) is 0 Å². The SMILES string of the molecule is Cc1sc(CNCc2ccc(O)cc2)cc1Br. The fourth-order valence-corrected chi connectivity index (χ4v) is 3.12. The summed E-state index contributed by atoms with van der Waals surface area (Å²) in [7, 11) is 0. The lowest BCUT2D eigenvalue weighted by Crippen LogP contribution is -2.11. The fourth-order valence-electron chi connectivity index (χ4n) is 1.55. The summed E-state index contributed by atoms with van der Waals surface area (Å²) in [5, 5.41) is 12.6. The number of nitrogens with one attached hydrogen (secondary N) is 1. The Labute approximate surface area is 113 Å². The third kappa shape index (κ3) is 3.56. The van der Waals surface area contributed by atoms with Crippen molar-refractivity contribution in [2.45, 2.75) is 20.0 Å². The van der Waals surface area contributed by atoms with Gasteiger partial charge in [0, 0.05) is 27.3 Å². The van der Waals surface area contributed by atoms with Crippen LogP contribution in [-0.4, -0.2) is 5.11 Å². The number of halogens is 1. The lowest BCUT2D eigenvalue weighted by molar-refractivity contribution is 0.475. The third-order valence-corrected chi connectivity index (χ3v) is 4.61. The maximum atomic E-state index is 9.17. The number of thiophene rings is 1. The average Bonchev–Trinajstić information content (AvgIpc) is 2.61. The van der Waals surface area contributed by atoms with Gasteiger partial charge in [0.05, 0.1) is 0 Å². The van der Waals surface area contributed by atoms with Gasteiger partial charge < -0.3 is 10.4 Å². The van der Waals surface area contributed by atoms with Crippen LogP contribution in [0.4, 0.5) is 0 Å². The Morgan fingerprint density at radius 1 is 1.24 bits per heavy atom. The Morgan fingerprint density at radius 2 is 1.94 bits per heavy atom. The van der Waals surface area contributed by atoms with E-state index in [2.05, 4.69) is 34.2 Å². The molecule has 0 atom stereocenters. The molecule has 0 saturated carbocycles. The molecule has 0 bridgehead atoms. The van der Waals surface area contributed by atoms with Crippen LogP contribution in [-0.2, 0) is 13.1 Å². The summed E-state index contributed by atoms with van der Waals surface area (Å²) in [6.07, 6.45) is 0. The van der Waals surface area contributed by atoms with Crippen molar-refractivity contribution in [2.24, 2.45) is 0 Å². The Balaban J connectivity index is 1.85. The summed E-state index contributed by atoms with van der Waals surface area (Å²) in [5.41, 5.74) is 1.18. The first kappa shape index (κ1) is 12.6. The van der Waals surface area contributed by atoms with Gasteiger partial charge in [-0.05, 0) is 46.6 Å². The largest absolute Gasteiger partial charge is 0.508 e. The lowest BCUT2D eigenvalue weighted by atomic mass is 10.2. The van der Waals surface area contributed by atoms with Crippen molar-refractivity contribution in [3.8, 4) is 5.75 Å². The van der Waals surface area contributed by atoms with Crippen molar-refractivity contribution in [1.82, 2.24) is 5.32 Å². The highest BCUT2D eigenvalue weighted by Crippen LogP contribution is 2.26. The summed E-state index contributed by atoms with van der Waals surface area (Å²) in [4.78, 5) is 2.64. The number of phenols is 1. The Morgan fingerprint density at radius 3 is 2.53 bits per heavy atom. The van der Waals surface area contributed by atoms with E-state index in [1.165, 1.54) is 19.8 Å². The predicted octanol–water partition coefficient (Wildman–Crippen LogP) is 3.81. The topological polar surface area (TPSA) is 32.3 Å². The van der Waals surface area contributed by atoms with Gasteiger partial charge in [-0.15, -0.1) is 11.3 Å². The van der Waals surface area contributed by atoms with E-state index in [1.54, 1.807) is 23.5 Å². The second-order valence-corrected chi connectivity index (χ2v) is 6.08. The highest BCUT2D eigenvalue weighted by molar-refractivity contribution is 9.10. The van der Waals surface area contributed by atoms with Crippen LogP contribution in [0.25, 0.3) is 0 Å². The molecule has 17 heavy (non-hydrogen) atoms. The zero-order valence-corrected chi connectivity index (χ0v) is 11.9. The van der Waals surface area contributed by atoms with Crippen LogP contribution in [0, 0.1) is 6.92 Å². The van der Waals surface area contributed by atoms with Crippen LogP contribution in [0.1, 0.15) is 15.3 Å². The molecule has 2 rings (SSSR count). The zero-order valence-electron chi connectivity index (χ0n) is 9.53. The molecular formula is C13H14BrNOS. The molecule has 1 heterocycles. The molecule has 0 aliphatic heterocycles. The van der Waals surface area contributed by atoms with Crippen molar-refractivity contribution in [2.75, 3.05) is 0 Å². The minimum atomic E-state index is 0.312. The smallest absolute Gasteiger partial charge is 0.115 e. The molecular weight excluding hydrogens is 298 g/mol.